The molecular weight excluding hydrogens is 340 g/mol. The molecule has 0 saturated carbocycles. The number of fused-ring (bicyclic) bond motifs is 2. The third kappa shape index (κ3) is 2.08. The van der Waals surface area contributed by atoms with Crippen molar-refractivity contribution in [2.45, 2.75) is 4.90 Å². The number of carbonyl (C=O) groups excluding carboxylic acids is 2. The molecule has 1 aliphatic carbocycles. The van der Waals surface area contributed by atoms with Gasteiger partial charge < -0.3 is 5.73 Å². The Balaban J connectivity index is 2.52. The molecule has 0 aromatic heterocycles. The Kier molecular flexibility index (Phi) is 3.25. The SMILES string of the molecule is Nc1cc(S(=O)(=O)O)c([N+](=O)[O-])c2c1C(=O)c1ccccc1C2=O. The summed E-state index contributed by atoms with van der Waals surface area (Å²) in [7, 11) is -5.04. The predicted octanol–water partition coefficient (Wildman–Crippen LogP) is 1.20. The fraction of sp³-hybridized carbons (Fsp3) is 0. The minimum absolute atomic E-state index is 0.00982. The maximum atomic E-state index is 12.6. The number of anilines is 1. The van der Waals surface area contributed by atoms with E-state index in [1.165, 1.54) is 24.3 Å². The molecular formula is C14H8N2O7S. The van der Waals surface area contributed by atoms with Crippen molar-refractivity contribution in [2.75, 3.05) is 5.73 Å². The fourth-order valence-electron chi connectivity index (χ4n) is 2.66. The molecule has 0 radical (unpaired) electrons. The van der Waals surface area contributed by atoms with Crippen molar-refractivity contribution in [3.63, 3.8) is 0 Å². The van der Waals surface area contributed by atoms with E-state index in [-0.39, 0.29) is 11.1 Å². The largest absolute Gasteiger partial charge is 0.398 e. The van der Waals surface area contributed by atoms with Gasteiger partial charge in [0.2, 0.25) is 5.78 Å². The van der Waals surface area contributed by atoms with Gasteiger partial charge in [0.25, 0.3) is 0 Å². The molecule has 0 atom stereocenters. The minimum Gasteiger partial charge on any atom is -0.398 e. The van der Waals surface area contributed by atoms with Gasteiger partial charge in [0.05, 0.1) is 10.5 Å². The van der Waals surface area contributed by atoms with E-state index in [0.717, 1.165) is 0 Å². The van der Waals surface area contributed by atoms with Crippen LogP contribution in [0.5, 0.6) is 0 Å². The molecule has 0 unspecified atom stereocenters. The lowest BCUT2D eigenvalue weighted by molar-refractivity contribution is -0.388. The molecule has 2 aromatic carbocycles. The van der Waals surface area contributed by atoms with Gasteiger partial charge in [-0.1, -0.05) is 24.3 Å². The van der Waals surface area contributed by atoms with E-state index in [0.29, 0.717) is 6.07 Å². The van der Waals surface area contributed by atoms with E-state index in [9.17, 15) is 32.7 Å². The highest BCUT2D eigenvalue weighted by atomic mass is 32.2. The molecule has 0 spiro atoms. The number of nitrogens with two attached hydrogens (primary N) is 1. The number of nitrogens with zero attached hydrogens (tertiary/aromatic N) is 1. The third-order valence-electron chi connectivity index (χ3n) is 3.63. The smallest absolute Gasteiger partial charge is 0.302 e. The van der Waals surface area contributed by atoms with Gasteiger partial charge in [-0.2, -0.15) is 8.42 Å². The maximum Gasteiger partial charge on any atom is 0.302 e. The third-order valence-corrected chi connectivity index (χ3v) is 4.49. The number of rotatable bonds is 2. The maximum absolute atomic E-state index is 12.6. The van der Waals surface area contributed by atoms with Crippen molar-refractivity contribution in [3.8, 4) is 0 Å². The van der Waals surface area contributed by atoms with Gasteiger partial charge in [-0.3, -0.25) is 24.3 Å². The number of hydrogen-bond donors (Lipinski definition) is 2. The van der Waals surface area contributed by atoms with Crippen molar-refractivity contribution >= 4 is 33.1 Å². The van der Waals surface area contributed by atoms with Crippen LogP contribution in [0.2, 0.25) is 0 Å². The summed E-state index contributed by atoms with van der Waals surface area (Å²) in [5.41, 5.74) is 2.74. The number of nitro benzene ring substituents is 1. The summed E-state index contributed by atoms with van der Waals surface area (Å²) in [5.74, 6) is -1.65. The number of ketones is 2. The number of carbonyl (C=O) groups is 2. The molecule has 0 aliphatic heterocycles. The van der Waals surface area contributed by atoms with Crippen LogP contribution in [-0.4, -0.2) is 29.5 Å². The molecule has 2 aromatic rings. The summed E-state index contributed by atoms with van der Waals surface area (Å²) in [5, 5.41) is 11.3. The second-order valence-electron chi connectivity index (χ2n) is 5.00. The van der Waals surface area contributed by atoms with E-state index in [2.05, 4.69) is 0 Å². The van der Waals surface area contributed by atoms with Crippen LogP contribution < -0.4 is 5.73 Å². The summed E-state index contributed by atoms with van der Waals surface area (Å²) in [6.45, 7) is 0. The minimum atomic E-state index is -5.04. The lowest BCUT2D eigenvalue weighted by Crippen LogP contribution is -2.25. The van der Waals surface area contributed by atoms with Crippen molar-refractivity contribution in [3.05, 3.63) is 62.7 Å². The lowest BCUT2D eigenvalue weighted by Gasteiger charge is -2.19. The Morgan fingerprint density at radius 3 is 2.00 bits per heavy atom. The highest BCUT2D eigenvalue weighted by Gasteiger charge is 2.41. The standard InChI is InChI=1S/C14H8N2O7S/c15-8-5-9(24(21,22)23)12(16(19)20)11-10(8)13(17)6-3-1-2-4-7(6)14(11)18/h1-5H,15H2,(H,21,22,23). The van der Waals surface area contributed by atoms with Crippen LogP contribution in [0.4, 0.5) is 11.4 Å². The first-order valence-electron chi connectivity index (χ1n) is 6.41. The van der Waals surface area contributed by atoms with Crippen LogP contribution >= 0.6 is 0 Å². The number of nitro groups is 1. The fourth-order valence-corrected chi connectivity index (χ4v) is 3.36. The zero-order valence-electron chi connectivity index (χ0n) is 11.7. The summed E-state index contributed by atoms with van der Waals surface area (Å²) in [6.07, 6.45) is 0. The van der Waals surface area contributed by atoms with E-state index < -0.39 is 54.0 Å². The van der Waals surface area contributed by atoms with E-state index in [1.807, 2.05) is 0 Å². The van der Waals surface area contributed by atoms with Gasteiger partial charge in [0.1, 0.15) is 5.56 Å². The highest BCUT2D eigenvalue weighted by molar-refractivity contribution is 7.86. The number of benzene rings is 2. The van der Waals surface area contributed by atoms with Crippen LogP contribution in [0, 0.1) is 10.1 Å². The summed E-state index contributed by atoms with van der Waals surface area (Å²) in [4.78, 5) is 34.2. The molecule has 0 heterocycles. The van der Waals surface area contributed by atoms with Gasteiger partial charge in [-0.05, 0) is 6.07 Å². The first kappa shape index (κ1) is 15.8. The van der Waals surface area contributed by atoms with Crippen molar-refractivity contribution in [2.24, 2.45) is 0 Å². The average Bonchev–Trinajstić information content (AvgIpc) is 2.50. The molecule has 10 heteroatoms. The van der Waals surface area contributed by atoms with Gasteiger partial charge in [0, 0.05) is 16.8 Å². The molecule has 0 bridgehead atoms. The van der Waals surface area contributed by atoms with Gasteiger partial charge in [-0.25, -0.2) is 0 Å². The molecule has 3 N–H and O–H groups in total. The van der Waals surface area contributed by atoms with Gasteiger partial charge in [0.15, 0.2) is 10.7 Å². The Morgan fingerprint density at radius 2 is 1.54 bits per heavy atom. The Labute approximate surface area is 134 Å². The number of hydrogen-bond acceptors (Lipinski definition) is 7. The first-order chi connectivity index (χ1) is 11.1. The lowest BCUT2D eigenvalue weighted by atomic mass is 9.82. The van der Waals surface area contributed by atoms with Gasteiger partial charge >= 0.3 is 15.8 Å². The highest BCUT2D eigenvalue weighted by Crippen LogP contribution is 2.40. The molecule has 0 amide bonds. The summed E-state index contributed by atoms with van der Waals surface area (Å²) in [6, 6.07) is 6.22. The quantitative estimate of drug-likeness (QED) is 0.302. The van der Waals surface area contributed by atoms with Crippen LogP contribution in [-0.2, 0) is 10.1 Å². The Hall–Kier alpha value is -3.11. The molecule has 24 heavy (non-hydrogen) atoms. The van der Waals surface area contributed by atoms with Crippen LogP contribution in [0.1, 0.15) is 31.8 Å². The molecule has 0 saturated heterocycles. The van der Waals surface area contributed by atoms with Crippen LogP contribution in [0.3, 0.4) is 0 Å². The molecule has 122 valence electrons. The van der Waals surface area contributed by atoms with Gasteiger partial charge in [-0.15, -0.1) is 0 Å². The number of nitrogen functional groups attached to an aromatic ring is 1. The van der Waals surface area contributed by atoms with Crippen LogP contribution in [0.25, 0.3) is 0 Å². The van der Waals surface area contributed by atoms with Crippen molar-refractivity contribution in [1.82, 2.24) is 0 Å². The zero-order valence-corrected chi connectivity index (χ0v) is 12.5. The zero-order chi connectivity index (χ0) is 17.8. The monoisotopic (exact) mass is 348 g/mol. The predicted molar refractivity (Wildman–Crippen MR) is 80.6 cm³/mol. The van der Waals surface area contributed by atoms with E-state index >= 15 is 0 Å². The second-order valence-corrected chi connectivity index (χ2v) is 6.39. The van der Waals surface area contributed by atoms with E-state index in [4.69, 9.17) is 5.73 Å². The molecule has 9 nitrogen and oxygen atoms in total. The normalized spacial score (nSPS) is 13.4. The first-order valence-corrected chi connectivity index (χ1v) is 7.85. The molecule has 1 aliphatic rings. The summed E-state index contributed by atoms with van der Waals surface area (Å²) < 4.78 is 32.1. The Bertz CT molecular complexity index is 1060. The van der Waals surface area contributed by atoms with E-state index in [1.54, 1.807) is 0 Å². The molecule has 0 fully saturated rings. The second kappa shape index (κ2) is 4.94. The average molecular weight is 348 g/mol. The van der Waals surface area contributed by atoms with Crippen molar-refractivity contribution < 1.29 is 27.5 Å². The van der Waals surface area contributed by atoms with Crippen molar-refractivity contribution in [1.29, 1.82) is 0 Å². The Morgan fingerprint density at radius 1 is 1.04 bits per heavy atom. The molecule has 3 rings (SSSR count). The van der Waals surface area contributed by atoms with Crippen LogP contribution in [0.15, 0.2) is 35.2 Å². The summed E-state index contributed by atoms with van der Waals surface area (Å²) >= 11 is 0. The topological polar surface area (TPSA) is 158 Å².